The maximum Gasteiger partial charge on any atom is 0.262 e. The minimum atomic E-state index is -3.91. The highest BCUT2D eigenvalue weighted by Crippen LogP contribution is 2.25. The Morgan fingerprint density at radius 1 is 1.19 bits per heavy atom. The van der Waals surface area contributed by atoms with Crippen molar-refractivity contribution in [1.29, 1.82) is 0 Å². The van der Waals surface area contributed by atoms with Gasteiger partial charge in [0.2, 0.25) is 0 Å². The summed E-state index contributed by atoms with van der Waals surface area (Å²) in [4.78, 5) is 5.21. The van der Waals surface area contributed by atoms with Gasteiger partial charge in [0, 0.05) is 29.0 Å². The van der Waals surface area contributed by atoms with Crippen molar-refractivity contribution in [1.82, 2.24) is 9.38 Å². The lowest BCUT2D eigenvalue weighted by molar-refractivity contribution is 0.385. The number of benzene rings is 2. The third-order valence-electron chi connectivity index (χ3n) is 3.96. The van der Waals surface area contributed by atoms with Crippen LogP contribution in [0.25, 0.3) is 16.2 Å². The van der Waals surface area contributed by atoms with Gasteiger partial charge in [0.05, 0.1) is 17.7 Å². The van der Waals surface area contributed by atoms with Crippen molar-refractivity contribution in [2.75, 3.05) is 11.8 Å². The third-order valence-corrected chi connectivity index (χ3v) is 6.11. The third kappa shape index (κ3) is 3.38. The van der Waals surface area contributed by atoms with Crippen LogP contribution in [0.1, 0.15) is 0 Å². The molecule has 1 N–H and O–H groups in total. The van der Waals surface area contributed by atoms with Gasteiger partial charge < -0.3 is 4.74 Å². The minimum absolute atomic E-state index is 0.0155. The summed E-state index contributed by atoms with van der Waals surface area (Å²) in [5.74, 6) is -0.756. The molecule has 2 aromatic heterocycles. The van der Waals surface area contributed by atoms with Gasteiger partial charge in [0.15, 0.2) is 16.5 Å². The number of halogens is 1. The van der Waals surface area contributed by atoms with Gasteiger partial charge in [-0.05, 0) is 30.3 Å². The van der Waals surface area contributed by atoms with Crippen molar-refractivity contribution < 1.29 is 17.5 Å². The average molecular weight is 403 g/mol. The molecule has 0 aliphatic heterocycles. The lowest BCUT2D eigenvalue weighted by atomic mass is 10.1. The fourth-order valence-corrected chi connectivity index (χ4v) is 4.37. The summed E-state index contributed by atoms with van der Waals surface area (Å²) >= 11 is 1.54. The van der Waals surface area contributed by atoms with E-state index in [4.69, 9.17) is 4.74 Å². The zero-order valence-corrected chi connectivity index (χ0v) is 15.7. The summed E-state index contributed by atoms with van der Waals surface area (Å²) < 4.78 is 47.9. The molecule has 0 saturated heterocycles. The molecular weight excluding hydrogens is 389 g/mol. The van der Waals surface area contributed by atoms with Crippen LogP contribution in [0.4, 0.5) is 10.1 Å². The number of nitrogens with zero attached hydrogens (tertiary/aromatic N) is 2. The van der Waals surface area contributed by atoms with Crippen LogP contribution in [-0.4, -0.2) is 24.9 Å². The molecule has 0 aliphatic carbocycles. The van der Waals surface area contributed by atoms with Gasteiger partial charge in [-0.15, -0.1) is 11.3 Å². The molecule has 0 amide bonds. The van der Waals surface area contributed by atoms with Crippen molar-refractivity contribution in [3.05, 3.63) is 66.1 Å². The Morgan fingerprint density at radius 3 is 2.63 bits per heavy atom. The van der Waals surface area contributed by atoms with E-state index in [2.05, 4.69) is 9.71 Å². The molecule has 0 atom stereocenters. The monoisotopic (exact) mass is 403 g/mol. The molecule has 4 aromatic rings. The molecule has 0 fully saturated rings. The van der Waals surface area contributed by atoms with Gasteiger partial charge >= 0.3 is 0 Å². The number of methoxy groups -OCH3 is 1. The van der Waals surface area contributed by atoms with E-state index in [1.807, 2.05) is 22.2 Å². The number of thiazole rings is 1. The second-order valence-corrected chi connectivity index (χ2v) is 8.25. The Hall–Kier alpha value is -2.91. The topological polar surface area (TPSA) is 72.7 Å². The van der Waals surface area contributed by atoms with E-state index in [0.29, 0.717) is 5.69 Å². The standard InChI is InChI=1S/C18H14FN3O3S2/c1-25-17-7-6-14(10-15(17)19)27(23,24)21-13-4-2-12(3-5-13)16-11-22-8-9-26-18(22)20-16/h2-11,21H,1H3. The summed E-state index contributed by atoms with van der Waals surface area (Å²) in [6.45, 7) is 0. The Labute approximate surface area is 158 Å². The zero-order chi connectivity index (χ0) is 19.0. The number of hydrogen-bond acceptors (Lipinski definition) is 5. The minimum Gasteiger partial charge on any atom is -0.494 e. The molecular formula is C18H14FN3O3S2. The Bertz CT molecular complexity index is 1190. The highest BCUT2D eigenvalue weighted by molar-refractivity contribution is 7.92. The lowest BCUT2D eigenvalue weighted by Gasteiger charge is -2.10. The zero-order valence-electron chi connectivity index (χ0n) is 14.1. The van der Waals surface area contributed by atoms with E-state index < -0.39 is 15.8 Å². The number of nitrogens with one attached hydrogen (secondary N) is 1. The van der Waals surface area contributed by atoms with E-state index in [1.54, 1.807) is 24.3 Å². The van der Waals surface area contributed by atoms with Gasteiger partial charge in [-0.25, -0.2) is 17.8 Å². The van der Waals surface area contributed by atoms with Crippen LogP contribution in [0.15, 0.2) is 65.1 Å². The first-order valence-electron chi connectivity index (χ1n) is 7.85. The van der Waals surface area contributed by atoms with Crippen LogP contribution in [0.5, 0.6) is 5.75 Å². The van der Waals surface area contributed by atoms with Crippen molar-refractivity contribution in [3.63, 3.8) is 0 Å². The van der Waals surface area contributed by atoms with Gasteiger partial charge in [0.1, 0.15) is 0 Å². The van der Waals surface area contributed by atoms with E-state index in [1.165, 1.54) is 30.6 Å². The van der Waals surface area contributed by atoms with Gasteiger partial charge in [0.25, 0.3) is 10.0 Å². The molecule has 4 rings (SSSR count). The molecule has 0 aliphatic rings. The molecule has 27 heavy (non-hydrogen) atoms. The second kappa shape index (κ2) is 6.67. The van der Waals surface area contributed by atoms with E-state index >= 15 is 0 Å². The molecule has 0 saturated carbocycles. The first-order valence-corrected chi connectivity index (χ1v) is 10.2. The molecule has 0 spiro atoms. The van der Waals surface area contributed by atoms with E-state index in [9.17, 15) is 12.8 Å². The first-order chi connectivity index (χ1) is 13.0. The number of sulfonamides is 1. The number of ether oxygens (including phenoxy) is 1. The lowest BCUT2D eigenvalue weighted by Crippen LogP contribution is -2.13. The summed E-state index contributed by atoms with van der Waals surface area (Å²) in [6.07, 6.45) is 3.83. The molecule has 0 radical (unpaired) electrons. The van der Waals surface area contributed by atoms with Crippen molar-refractivity contribution in [3.8, 4) is 17.0 Å². The van der Waals surface area contributed by atoms with Crippen LogP contribution in [0.3, 0.4) is 0 Å². The first kappa shape index (κ1) is 17.5. The molecule has 0 bridgehead atoms. The predicted octanol–water partition coefficient (Wildman–Crippen LogP) is 4.01. The highest BCUT2D eigenvalue weighted by atomic mass is 32.2. The van der Waals surface area contributed by atoms with Crippen LogP contribution < -0.4 is 9.46 Å². The summed E-state index contributed by atoms with van der Waals surface area (Å²) in [5.41, 5.74) is 2.04. The number of hydrogen-bond donors (Lipinski definition) is 1. The van der Waals surface area contributed by atoms with Crippen molar-refractivity contribution >= 4 is 32.0 Å². The van der Waals surface area contributed by atoms with E-state index in [-0.39, 0.29) is 10.6 Å². The van der Waals surface area contributed by atoms with Gasteiger partial charge in [-0.3, -0.25) is 9.12 Å². The highest BCUT2D eigenvalue weighted by Gasteiger charge is 2.17. The SMILES string of the molecule is COc1ccc(S(=O)(=O)Nc2ccc(-c3cn4ccsc4n3)cc2)cc1F. The molecule has 6 nitrogen and oxygen atoms in total. The number of rotatable bonds is 5. The fraction of sp³-hybridized carbons (Fsp3) is 0.0556. The fourth-order valence-electron chi connectivity index (χ4n) is 2.60. The second-order valence-electron chi connectivity index (χ2n) is 5.70. The van der Waals surface area contributed by atoms with Gasteiger partial charge in [-0.2, -0.15) is 0 Å². The summed E-state index contributed by atoms with van der Waals surface area (Å²) in [5, 5.41) is 1.95. The molecule has 2 aromatic carbocycles. The normalized spacial score (nSPS) is 11.6. The molecule has 2 heterocycles. The van der Waals surface area contributed by atoms with Crippen LogP contribution >= 0.6 is 11.3 Å². The average Bonchev–Trinajstić information content (AvgIpc) is 3.24. The maximum absolute atomic E-state index is 13.8. The molecule has 138 valence electrons. The quantitative estimate of drug-likeness (QED) is 0.546. The predicted molar refractivity (Wildman–Crippen MR) is 102 cm³/mol. The van der Waals surface area contributed by atoms with Crippen molar-refractivity contribution in [2.45, 2.75) is 4.90 Å². The Balaban J connectivity index is 1.57. The van der Waals surface area contributed by atoms with Crippen LogP contribution in [-0.2, 0) is 10.0 Å². The number of anilines is 1. The van der Waals surface area contributed by atoms with Crippen molar-refractivity contribution in [2.24, 2.45) is 0 Å². The van der Waals surface area contributed by atoms with Crippen LogP contribution in [0.2, 0.25) is 0 Å². The number of imidazole rings is 1. The summed E-state index contributed by atoms with van der Waals surface area (Å²) in [7, 11) is -2.60. The maximum atomic E-state index is 13.8. The number of fused-ring (bicyclic) bond motifs is 1. The molecule has 0 unspecified atom stereocenters. The van der Waals surface area contributed by atoms with Gasteiger partial charge in [-0.1, -0.05) is 12.1 Å². The van der Waals surface area contributed by atoms with Crippen LogP contribution in [0, 0.1) is 5.82 Å². The molecule has 9 heteroatoms. The number of aromatic nitrogens is 2. The summed E-state index contributed by atoms with van der Waals surface area (Å²) in [6, 6.07) is 10.3. The van der Waals surface area contributed by atoms with E-state index in [0.717, 1.165) is 22.3 Å². The largest absolute Gasteiger partial charge is 0.494 e. The Kier molecular flexibility index (Phi) is 4.33. The smallest absolute Gasteiger partial charge is 0.262 e. The Morgan fingerprint density at radius 2 is 1.96 bits per heavy atom.